The first-order chi connectivity index (χ1) is 12.7. The summed E-state index contributed by atoms with van der Waals surface area (Å²) in [5.74, 6) is 1.72. The van der Waals surface area contributed by atoms with Gasteiger partial charge in [-0.2, -0.15) is 0 Å². The zero-order valence-electron chi connectivity index (χ0n) is 14.1. The molecule has 1 fully saturated rings. The van der Waals surface area contributed by atoms with Crippen LogP contribution in [0.15, 0.2) is 61.2 Å². The molecule has 3 aromatic rings. The maximum Gasteiger partial charge on any atom is 0.254 e. The summed E-state index contributed by atoms with van der Waals surface area (Å²) in [6.45, 7) is 2.76. The summed E-state index contributed by atoms with van der Waals surface area (Å²) in [5.41, 5.74) is 0.628. The summed E-state index contributed by atoms with van der Waals surface area (Å²) >= 11 is 5.99. The Hall–Kier alpha value is -2.86. The van der Waals surface area contributed by atoms with Crippen LogP contribution in [0.25, 0.3) is 5.82 Å². The molecular formula is C19H18ClN5O. The van der Waals surface area contributed by atoms with Gasteiger partial charge in [-0.05, 0) is 30.3 Å². The van der Waals surface area contributed by atoms with Gasteiger partial charge in [0.25, 0.3) is 5.91 Å². The first-order valence-corrected chi connectivity index (χ1v) is 8.84. The Morgan fingerprint density at radius 2 is 1.65 bits per heavy atom. The highest BCUT2D eigenvalue weighted by Crippen LogP contribution is 2.18. The molecule has 0 bridgehead atoms. The molecule has 0 spiro atoms. The van der Waals surface area contributed by atoms with E-state index >= 15 is 0 Å². The lowest BCUT2D eigenvalue weighted by Gasteiger charge is -2.35. The fourth-order valence-corrected chi connectivity index (χ4v) is 3.27. The van der Waals surface area contributed by atoms with Crippen LogP contribution in [0.4, 0.5) is 5.82 Å². The van der Waals surface area contributed by atoms with Crippen LogP contribution >= 0.6 is 11.6 Å². The van der Waals surface area contributed by atoms with Crippen molar-refractivity contribution in [2.45, 2.75) is 0 Å². The highest BCUT2D eigenvalue weighted by molar-refractivity contribution is 6.30. The van der Waals surface area contributed by atoms with E-state index in [-0.39, 0.29) is 5.91 Å². The monoisotopic (exact) mass is 367 g/mol. The van der Waals surface area contributed by atoms with E-state index in [9.17, 15) is 4.79 Å². The average molecular weight is 368 g/mol. The van der Waals surface area contributed by atoms with Crippen molar-refractivity contribution in [1.29, 1.82) is 0 Å². The molecule has 7 heteroatoms. The van der Waals surface area contributed by atoms with Crippen LogP contribution in [0.5, 0.6) is 0 Å². The van der Waals surface area contributed by atoms with Crippen molar-refractivity contribution in [3.05, 3.63) is 71.8 Å². The number of hydrogen-bond acceptors (Lipinski definition) is 4. The lowest BCUT2D eigenvalue weighted by atomic mass is 10.2. The summed E-state index contributed by atoms with van der Waals surface area (Å²) in [5, 5.41) is 0.577. The zero-order chi connectivity index (χ0) is 17.9. The van der Waals surface area contributed by atoms with Crippen LogP contribution in [0, 0.1) is 0 Å². The van der Waals surface area contributed by atoms with Crippen molar-refractivity contribution in [1.82, 2.24) is 19.4 Å². The largest absolute Gasteiger partial charge is 0.353 e. The second kappa shape index (κ2) is 7.17. The number of piperazine rings is 1. The van der Waals surface area contributed by atoms with Crippen LogP contribution in [-0.4, -0.2) is 51.5 Å². The highest BCUT2D eigenvalue weighted by atomic mass is 35.5. The van der Waals surface area contributed by atoms with E-state index in [2.05, 4.69) is 14.9 Å². The number of rotatable bonds is 3. The molecule has 132 valence electrons. The molecule has 6 nitrogen and oxygen atoms in total. The second-order valence-electron chi connectivity index (χ2n) is 6.11. The van der Waals surface area contributed by atoms with Gasteiger partial charge in [0.1, 0.15) is 18.0 Å². The van der Waals surface area contributed by atoms with Gasteiger partial charge < -0.3 is 14.4 Å². The fraction of sp³-hybridized carbons (Fsp3) is 0.211. The van der Waals surface area contributed by atoms with E-state index in [1.165, 1.54) is 0 Å². The Morgan fingerprint density at radius 1 is 0.923 bits per heavy atom. The molecule has 4 rings (SSSR count). The molecule has 0 saturated carbocycles. The van der Waals surface area contributed by atoms with Crippen LogP contribution in [0.1, 0.15) is 10.4 Å². The van der Waals surface area contributed by atoms with Crippen LogP contribution in [-0.2, 0) is 0 Å². The lowest BCUT2D eigenvalue weighted by molar-refractivity contribution is 0.0746. The number of nitrogens with zero attached hydrogens (tertiary/aromatic N) is 5. The van der Waals surface area contributed by atoms with Crippen LogP contribution < -0.4 is 4.90 Å². The van der Waals surface area contributed by atoms with Crippen LogP contribution in [0.3, 0.4) is 0 Å². The summed E-state index contributed by atoms with van der Waals surface area (Å²) in [6.07, 6.45) is 5.48. The third-order valence-corrected chi connectivity index (χ3v) is 4.70. The fourth-order valence-electron chi connectivity index (χ4n) is 3.08. The first kappa shape index (κ1) is 16.6. The molecule has 0 radical (unpaired) electrons. The number of hydrogen-bond donors (Lipinski definition) is 0. The molecule has 3 heterocycles. The number of anilines is 1. The van der Waals surface area contributed by atoms with E-state index in [4.69, 9.17) is 11.6 Å². The Labute approximate surface area is 156 Å². The molecule has 1 saturated heterocycles. The minimum atomic E-state index is 0.0165. The second-order valence-corrected chi connectivity index (χ2v) is 6.55. The molecule has 0 aliphatic carbocycles. The molecule has 1 aliphatic heterocycles. The Morgan fingerprint density at radius 3 is 2.38 bits per heavy atom. The molecule has 2 aromatic heterocycles. The molecule has 0 unspecified atom stereocenters. The van der Waals surface area contributed by atoms with E-state index in [1.54, 1.807) is 30.6 Å². The van der Waals surface area contributed by atoms with Gasteiger partial charge in [-0.3, -0.25) is 4.79 Å². The van der Waals surface area contributed by atoms with E-state index < -0.39 is 0 Å². The predicted octanol–water partition coefficient (Wildman–Crippen LogP) is 2.88. The summed E-state index contributed by atoms with van der Waals surface area (Å²) in [6, 6.07) is 13.0. The van der Waals surface area contributed by atoms with E-state index in [0.29, 0.717) is 23.7 Å². The van der Waals surface area contributed by atoms with Gasteiger partial charge in [0, 0.05) is 55.2 Å². The first-order valence-electron chi connectivity index (χ1n) is 8.46. The quantitative estimate of drug-likeness (QED) is 0.714. The molecular weight excluding hydrogens is 350 g/mol. The van der Waals surface area contributed by atoms with Crippen molar-refractivity contribution >= 4 is 23.3 Å². The topological polar surface area (TPSA) is 54.3 Å². The van der Waals surface area contributed by atoms with Gasteiger partial charge in [-0.1, -0.05) is 17.7 Å². The third-order valence-electron chi connectivity index (χ3n) is 4.47. The maximum atomic E-state index is 12.6. The minimum Gasteiger partial charge on any atom is -0.353 e. The third kappa shape index (κ3) is 3.41. The Bertz CT molecular complexity index is 904. The van der Waals surface area contributed by atoms with E-state index in [1.807, 2.05) is 40.1 Å². The smallest absolute Gasteiger partial charge is 0.254 e. The van der Waals surface area contributed by atoms with Gasteiger partial charge in [0.2, 0.25) is 0 Å². The number of carbonyl (C=O) groups is 1. The SMILES string of the molecule is O=C(c1cccc(Cl)c1)N1CCN(c2cc(-n3cccc3)ncn2)CC1. The number of aromatic nitrogens is 3. The molecule has 1 amide bonds. The van der Waals surface area contributed by atoms with Crippen molar-refractivity contribution < 1.29 is 4.79 Å². The average Bonchev–Trinajstić information content (AvgIpc) is 3.23. The van der Waals surface area contributed by atoms with Crippen molar-refractivity contribution in [3.8, 4) is 5.82 Å². The summed E-state index contributed by atoms with van der Waals surface area (Å²) in [7, 11) is 0. The number of benzene rings is 1. The standard InChI is InChI=1S/C19H18ClN5O/c20-16-5-3-4-15(12-16)19(26)25-10-8-24(9-11-25)18-13-17(21-14-22-18)23-6-1-2-7-23/h1-7,12-14H,8-11H2. The number of carbonyl (C=O) groups excluding carboxylic acids is 1. The van der Waals surface area contributed by atoms with E-state index in [0.717, 1.165) is 24.7 Å². The van der Waals surface area contributed by atoms with Gasteiger partial charge in [0.05, 0.1) is 0 Å². The van der Waals surface area contributed by atoms with Crippen molar-refractivity contribution in [2.75, 3.05) is 31.1 Å². The number of amides is 1. The predicted molar refractivity (Wildman–Crippen MR) is 101 cm³/mol. The molecule has 0 atom stereocenters. The molecule has 26 heavy (non-hydrogen) atoms. The minimum absolute atomic E-state index is 0.0165. The van der Waals surface area contributed by atoms with Crippen molar-refractivity contribution in [3.63, 3.8) is 0 Å². The van der Waals surface area contributed by atoms with Gasteiger partial charge >= 0.3 is 0 Å². The van der Waals surface area contributed by atoms with Crippen LogP contribution in [0.2, 0.25) is 5.02 Å². The van der Waals surface area contributed by atoms with Gasteiger partial charge in [-0.25, -0.2) is 9.97 Å². The normalized spacial score (nSPS) is 14.5. The van der Waals surface area contributed by atoms with Crippen molar-refractivity contribution in [2.24, 2.45) is 0 Å². The highest BCUT2D eigenvalue weighted by Gasteiger charge is 2.23. The van der Waals surface area contributed by atoms with Gasteiger partial charge in [0.15, 0.2) is 0 Å². The lowest BCUT2D eigenvalue weighted by Crippen LogP contribution is -2.49. The molecule has 1 aromatic carbocycles. The maximum absolute atomic E-state index is 12.6. The molecule has 1 aliphatic rings. The summed E-state index contributed by atoms with van der Waals surface area (Å²) < 4.78 is 1.95. The Balaban J connectivity index is 1.44. The Kier molecular flexibility index (Phi) is 4.58. The summed E-state index contributed by atoms with van der Waals surface area (Å²) in [4.78, 5) is 25.4. The number of halogens is 1. The molecule has 0 N–H and O–H groups in total. The zero-order valence-corrected chi connectivity index (χ0v) is 14.9. The van der Waals surface area contributed by atoms with Gasteiger partial charge in [-0.15, -0.1) is 0 Å².